The molecule has 17 heavy (non-hydrogen) atoms. The van der Waals surface area contributed by atoms with Crippen molar-refractivity contribution in [3.63, 3.8) is 0 Å². The Morgan fingerprint density at radius 2 is 2.47 bits per heavy atom. The quantitative estimate of drug-likeness (QED) is 0.798. The topological polar surface area (TPSA) is 49.1 Å². The molecule has 1 aliphatic heterocycles. The molecule has 4 heteroatoms. The van der Waals surface area contributed by atoms with E-state index in [1.165, 1.54) is 6.42 Å². The molecule has 0 radical (unpaired) electrons. The van der Waals surface area contributed by atoms with E-state index in [-0.39, 0.29) is 6.10 Å². The van der Waals surface area contributed by atoms with Crippen LogP contribution in [0.4, 0.5) is 5.82 Å². The molecule has 1 aromatic heterocycles. The molecule has 0 aromatic carbocycles. The lowest BCUT2D eigenvalue weighted by molar-refractivity contribution is 0.0215. The van der Waals surface area contributed by atoms with Crippen molar-refractivity contribution in [2.24, 2.45) is 0 Å². The van der Waals surface area contributed by atoms with Crippen LogP contribution in [0.3, 0.4) is 0 Å². The van der Waals surface area contributed by atoms with Crippen molar-refractivity contribution in [2.75, 3.05) is 25.1 Å². The number of nitriles is 1. The van der Waals surface area contributed by atoms with E-state index in [0.29, 0.717) is 5.56 Å². The molecule has 1 unspecified atom stereocenters. The Hall–Kier alpha value is -1.60. The van der Waals surface area contributed by atoms with Crippen LogP contribution in [0.1, 0.15) is 24.8 Å². The van der Waals surface area contributed by atoms with E-state index >= 15 is 0 Å². The Kier molecular flexibility index (Phi) is 3.94. The highest BCUT2D eigenvalue weighted by molar-refractivity contribution is 5.52. The smallest absolute Gasteiger partial charge is 0.146 e. The van der Waals surface area contributed by atoms with Crippen LogP contribution >= 0.6 is 0 Å². The lowest BCUT2D eigenvalue weighted by Gasteiger charge is -2.28. The fraction of sp³-hybridized carbons (Fsp3) is 0.538. The van der Waals surface area contributed by atoms with Crippen molar-refractivity contribution in [2.45, 2.75) is 25.4 Å². The Labute approximate surface area is 102 Å². The van der Waals surface area contributed by atoms with Crippen LogP contribution in [0.5, 0.6) is 0 Å². The number of rotatable bonds is 3. The van der Waals surface area contributed by atoms with Gasteiger partial charge in [-0.15, -0.1) is 0 Å². The zero-order valence-electron chi connectivity index (χ0n) is 10.1. The SMILES string of the molecule is CN(CC1CCCCO1)c1ncccc1C#N. The standard InChI is InChI=1S/C13H17N3O/c1-16(10-12-6-2-3-8-17-12)13-11(9-14)5-4-7-15-13/h4-5,7,12H,2-3,6,8,10H2,1H3. The van der Waals surface area contributed by atoms with E-state index < -0.39 is 0 Å². The molecule has 0 aliphatic carbocycles. The summed E-state index contributed by atoms with van der Waals surface area (Å²) in [6, 6.07) is 5.75. The fourth-order valence-electron chi connectivity index (χ4n) is 2.13. The zero-order valence-corrected chi connectivity index (χ0v) is 10.1. The molecule has 0 bridgehead atoms. The van der Waals surface area contributed by atoms with Gasteiger partial charge in [0.25, 0.3) is 0 Å². The second-order valence-electron chi connectivity index (χ2n) is 4.36. The van der Waals surface area contributed by atoms with Crippen LogP contribution in [-0.2, 0) is 4.74 Å². The summed E-state index contributed by atoms with van der Waals surface area (Å²) >= 11 is 0. The lowest BCUT2D eigenvalue weighted by Crippen LogP contribution is -2.34. The van der Waals surface area contributed by atoms with Crippen molar-refractivity contribution in [3.8, 4) is 6.07 Å². The van der Waals surface area contributed by atoms with Gasteiger partial charge < -0.3 is 9.64 Å². The van der Waals surface area contributed by atoms with E-state index in [2.05, 4.69) is 11.1 Å². The molecule has 0 N–H and O–H groups in total. The van der Waals surface area contributed by atoms with Gasteiger partial charge in [0.05, 0.1) is 11.7 Å². The Morgan fingerprint density at radius 3 is 3.18 bits per heavy atom. The van der Waals surface area contributed by atoms with E-state index in [0.717, 1.165) is 31.8 Å². The third kappa shape index (κ3) is 2.95. The maximum Gasteiger partial charge on any atom is 0.146 e. The summed E-state index contributed by atoms with van der Waals surface area (Å²) in [6.45, 7) is 1.65. The van der Waals surface area contributed by atoms with Crippen molar-refractivity contribution in [1.82, 2.24) is 4.98 Å². The molecule has 1 fully saturated rings. The molecule has 0 spiro atoms. The largest absolute Gasteiger partial charge is 0.376 e. The van der Waals surface area contributed by atoms with Gasteiger partial charge in [0.1, 0.15) is 11.9 Å². The first-order valence-corrected chi connectivity index (χ1v) is 5.99. The number of nitrogens with zero attached hydrogens (tertiary/aromatic N) is 3. The van der Waals surface area contributed by atoms with Crippen molar-refractivity contribution in [1.29, 1.82) is 5.26 Å². The molecule has 1 aliphatic rings. The number of pyridine rings is 1. The number of likely N-dealkylation sites (N-methyl/N-ethyl adjacent to an activating group) is 1. The summed E-state index contributed by atoms with van der Waals surface area (Å²) in [5, 5.41) is 9.03. The first-order valence-electron chi connectivity index (χ1n) is 5.99. The van der Waals surface area contributed by atoms with E-state index in [9.17, 15) is 0 Å². The molecule has 1 atom stereocenters. The van der Waals surface area contributed by atoms with Crippen molar-refractivity contribution >= 4 is 5.82 Å². The van der Waals surface area contributed by atoms with Gasteiger partial charge in [-0.1, -0.05) is 0 Å². The molecule has 0 amide bonds. The second kappa shape index (κ2) is 5.65. The fourth-order valence-corrected chi connectivity index (χ4v) is 2.13. The normalized spacial score (nSPS) is 19.6. The predicted molar refractivity (Wildman–Crippen MR) is 65.8 cm³/mol. The van der Waals surface area contributed by atoms with Crippen LogP contribution in [0, 0.1) is 11.3 Å². The first kappa shape index (κ1) is 11.9. The maximum atomic E-state index is 9.03. The average molecular weight is 231 g/mol. The van der Waals surface area contributed by atoms with Crippen LogP contribution < -0.4 is 4.90 Å². The molecule has 1 aromatic rings. The summed E-state index contributed by atoms with van der Waals surface area (Å²) in [5.41, 5.74) is 0.616. The highest BCUT2D eigenvalue weighted by atomic mass is 16.5. The van der Waals surface area contributed by atoms with Gasteiger partial charge in [-0.05, 0) is 31.4 Å². The molecule has 2 heterocycles. The zero-order chi connectivity index (χ0) is 12.1. The van der Waals surface area contributed by atoms with Gasteiger partial charge in [-0.2, -0.15) is 5.26 Å². The lowest BCUT2D eigenvalue weighted by atomic mass is 10.1. The monoisotopic (exact) mass is 231 g/mol. The second-order valence-corrected chi connectivity index (χ2v) is 4.36. The minimum atomic E-state index is 0.266. The summed E-state index contributed by atoms with van der Waals surface area (Å²) in [6.07, 6.45) is 5.47. The summed E-state index contributed by atoms with van der Waals surface area (Å²) in [4.78, 5) is 6.27. The highest BCUT2D eigenvalue weighted by Crippen LogP contribution is 2.18. The third-order valence-electron chi connectivity index (χ3n) is 3.02. The van der Waals surface area contributed by atoms with Gasteiger partial charge in [-0.25, -0.2) is 4.98 Å². The van der Waals surface area contributed by atoms with E-state index in [1.54, 1.807) is 18.3 Å². The molecule has 4 nitrogen and oxygen atoms in total. The van der Waals surface area contributed by atoms with Gasteiger partial charge in [0, 0.05) is 26.4 Å². The summed E-state index contributed by atoms with van der Waals surface area (Å²) < 4.78 is 5.69. The van der Waals surface area contributed by atoms with Crippen molar-refractivity contribution in [3.05, 3.63) is 23.9 Å². The van der Waals surface area contributed by atoms with E-state index in [1.807, 2.05) is 11.9 Å². The third-order valence-corrected chi connectivity index (χ3v) is 3.02. The molecular weight excluding hydrogens is 214 g/mol. The Morgan fingerprint density at radius 1 is 1.59 bits per heavy atom. The van der Waals surface area contributed by atoms with Gasteiger partial charge in [-0.3, -0.25) is 0 Å². The minimum Gasteiger partial charge on any atom is -0.376 e. The summed E-state index contributed by atoms with van der Waals surface area (Å²) in [5.74, 6) is 0.740. The first-order chi connectivity index (χ1) is 8.31. The van der Waals surface area contributed by atoms with Gasteiger partial charge in [0.2, 0.25) is 0 Å². The van der Waals surface area contributed by atoms with Gasteiger partial charge >= 0.3 is 0 Å². The Balaban J connectivity index is 2.03. The van der Waals surface area contributed by atoms with E-state index in [4.69, 9.17) is 10.00 Å². The predicted octanol–water partition coefficient (Wildman–Crippen LogP) is 1.96. The molecule has 2 rings (SSSR count). The van der Waals surface area contributed by atoms with Crippen LogP contribution in [-0.4, -0.2) is 31.3 Å². The number of hydrogen-bond acceptors (Lipinski definition) is 4. The van der Waals surface area contributed by atoms with Crippen LogP contribution in [0.25, 0.3) is 0 Å². The number of anilines is 1. The number of aromatic nitrogens is 1. The molecule has 1 saturated heterocycles. The van der Waals surface area contributed by atoms with Crippen LogP contribution in [0.2, 0.25) is 0 Å². The minimum absolute atomic E-state index is 0.266. The van der Waals surface area contributed by atoms with Crippen LogP contribution in [0.15, 0.2) is 18.3 Å². The summed E-state index contributed by atoms with van der Waals surface area (Å²) in [7, 11) is 1.96. The molecule has 90 valence electrons. The highest BCUT2D eigenvalue weighted by Gasteiger charge is 2.17. The Bertz CT molecular complexity index is 407. The maximum absolute atomic E-state index is 9.03. The number of hydrogen-bond donors (Lipinski definition) is 0. The molecule has 0 saturated carbocycles. The molecular formula is C13H17N3O. The van der Waals surface area contributed by atoms with Crippen molar-refractivity contribution < 1.29 is 4.74 Å². The average Bonchev–Trinajstić information content (AvgIpc) is 2.40. The number of ether oxygens (including phenoxy) is 1. The van der Waals surface area contributed by atoms with Gasteiger partial charge in [0.15, 0.2) is 0 Å².